The van der Waals surface area contributed by atoms with Crippen LogP contribution in [0.1, 0.15) is 49.0 Å². The highest BCUT2D eigenvalue weighted by molar-refractivity contribution is 6.14. The molecule has 0 saturated carbocycles. The molecule has 1 N–H and O–H groups in total. The van der Waals surface area contributed by atoms with Crippen LogP contribution in [0, 0.1) is 5.82 Å². The first-order valence-electron chi connectivity index (χ1n) is 10.6. The third-order valence-electron chi connectivity index (χ3n) is 6.08. The number of likely N-dealkylation sites (tertiary alicyclic amines) is 1. The number of nitrogens with one attached hydrogen (secondary N) is 1. The minimum atomic E-state index is -0.371. The largest absolute Gasteiger partial charge is 0.351 e. The molecule has 0 spiro atoms. The van der Waals surface area contributed by atoms with Crippen molar-refractivity contribution in [2.24, 2.45) is 7.05 Å². The molecule has 2 amide bonds. The zero-order valence-corrected chi connectivity index (χ0v) is 17.0. The fraction of sp³-hybridized carbons (Fsp3) is 0.545. The molecule has 6 nitrogen and oxygen atoms in total. The zero-order chi connectivity index (χ0) is 20.4. The first-order valence-corrected chi connectivity index (χ1v) is 10.6. The van der Waals surface area contributed by atoms with E-state index in [1.165, 1.54) is 31.4 Å². The van der Waals surface area contributed by atoms with Crippen LogP contribution in [0.4, 0.5) is 10.1 Å². The third-order valence-corrected chi connectivity index (χ3v) is 6.08. The Balaban J connectivity index is 1.54. The summed E-state index contributed by atoms with van der Waals surface area (Å²) in [4.78, 5) is 29.6. The van der Waals surface area contributed by atoms with Crippen LogP contribution in [0.15, 0.2) is 18.2 Å². The van der Waals surface area contributed by atoms with E-state index in [4.69, 9.17) is 0 Å². The van der Waals surface area contributed by atoms with Gasteiger partial charge in [-0.1, -0.05) is 6.42 Å². The van der Waals surface area contributed by atoms with E-state index in [-0.39, 0.29) is 17.6 Å². The lowest BCUT2D eigenvalue weighted by molar-refractivity contribution is -0.117. The van der Waals surface area contributed by atoms with Crippen molar-refractivity contribution in [1.82, 2.24) is 14.8 Å². The molecule has 1 aromatic heterocycles. The highest BCUT2D eigenvalue weighted by atomic mass is 19.1. The van der Waals surface area contributed by atoms with Gasteiger partial charge in [-0.2, -0.15) is 0 Å². The van der Waals surface area contributed by atoms with Crippen LogP contribution < -0.4 is 10.2 Å². The molecule has 1 aromatic carbocycles. The molecule has 4 rings (SSSR count). The van der Waals surface area contributed by atoms with Gasteiger partial charge in [0.15, 0.2) is 0 Å². The number of carbonyl (C=O) groups is 2. The molecule has 2 saturated heterocycles. The topological polar surface area (TPSA) is 57.6 Å². The van der Waals surface area contributed by atoms with Crippen molar-refractivity contribution >= 4 is 28.4 Å². The number of aromatic nitrogens is 1. The second-order valence-corrected chi connectivity index (χ2v) is 8.08. The predicted molar refractivity (Wildman–Crippen MR) is 112 cm³/mol. The summed E-state index contributed by atoms with van der Waals surface area (Å²) >= 11 is 0. The van der Waals surface area contributed by atoms with Gasteiger partial charge in [-0.25, -0.2) is 4.39 Å². The number of halogens is 1. The number of aryl methyl sites for hydroxylation is 1. The Morgan fingerprint density at radius 3 is 2.66 bits per heavy atom. The molecule has 2 fully saturated rings. The van der Waals surface area contributed by atoms with Crippen LogP contribution in [-0.2, 0) is 11.8 Å². The normalized spacial score (nSPS) is 18.0. The van der Waals surface area contributed by atoms with Gasteiger partial charge in [0, 0.05) is 31.9 Å². The van der Waals surface area contributed by atoms with Crippen LogP contribution in [0.3, 0.4) is 0 Å². The first-order chi connectivity index (χ1) is 14.1. The number of nitrogens with zero attached hydrogens (tertiary/aromatic N) is 3. The number of rotatable bonds is 6. The highest BCUT2D eigenvalue weighted by Crippen LogP contribution is 2.36. The van der Waals surface area contributed by atoms with Gasteiger partial charge in [0.1, 0.15) is 11.5 Å². The van der Waals surface area contributed by atoms with Crippen molar-refractivity contribution in [3.05, 3.63) is 29.7 Å². The maximum atomic E-state index is 14.0. The van der Waals surface area contributed by atoms with Crippen LogP contribution >= 0.6 is 0 Å². The van der Waals surface area contributed by atoms with Crippen molar-refractivity contribution in [3.8, 4) is 0 Å². The summed E-state index contributed by atoms with van der Waals surface area (Å²) in [5.41, 5.74) is 1.72. The van der Waals surface area contributed by atoms with E-state index in [2.05, 4.69) is 10.2 Å². The number of hydrogen-bond donors (Lipinski definition) is 1. The van der Waals surface area contributed by atoms with Gasteiger partial charge in [0.25, 0.3) is 5.91 Å². The van der Waals surface area contributed by atoms with E-state index in [0.717, 1.165) is 38.0 Å². The van der Waals surface area contributed by atoms with E-state index in [1.807, 2.05) is 0 Å². The summed E-state index contributed by atoms with van der Waals surface area (Å²) in [7, 11) is 1.80. The fourth-order valence-corrected chi connectivity index (χ4v) is 4.59. The predicted octanol–water partition coefficient (Wildman–Crippen LogP) is 3.05. The van der Waals surface area contributed by atoms with E-state index < -0.39 is 0 Å². The Hall–Kier alpha value is -2.41. The van der Waals surface area contributed by atoms with Gasteiger partial charge < -0.3 is 19.7 Å². The summed E-state index contributed by atoms with van der Waals surface area (Å²) < 4.78 is 15.7. The summed E-state index contributed by atoms with van der Waals surface area (Å²) in [5.74, 6) is -0.595. The summed E-state index contributed by atoms with van der Waals surface area (Å²) in [5, 5.41) is 3.63. The van der Waals surface area contributed by atoms with Gasteiger partial charge in [-0.3, -0.25) is 9.59 Å². The summed E-state index contributed by atoms with van der Waals surface area (Å²) in [6, 6.07) is 4.48. The standard InChI is InChI=1S/C22H29FN4O2/c1-25-18-9-8-16(23)15-17(18)20(27-14-5-7-19(27)28)21(25)22(29)24-10-6-13-26-11-3-2-4-12-26/h8-9,15H,2-7,10-14H2,1H3,(H,24,29). The maximum absolute atomic E-state index is 14.0. The van der Waals surface area contributed by atoms with E-state index >= 15 is 0 Å². The van der Waals surface area contributed by atoms with E-state index in [9.17, 15) is 14.0 Å². The van der Waals surface area contributed by atoms with Gasteiger partial charge in [0.05, 0.1) is 11.2 Å². The smallest absolute Gasteiger partial charge is 0.270 e. The minimum absolute atomic E-state index is 0.0130. The number of carbonyl (C=O) groups excluding carboxylic acids is 2. The number of hydrogen-bond acceptors (Lipinski definition) is 3. The number of fused-ring (bicyclic) bond motifs is 1. The summed E-state index contributed by atoms with van der Waals surface area (Å²) in [6.45, 7) is 4.41. The number of benzene rings is 1. The lowest BCUT2D eigenvalue weighted by atomic mass is 10.1. The molecule has 2 aliphatic heterocycles. The van der Waals surface area contributed by atoms with Crippen molar-refractivity contribution < 1.29 is 14.0 Å². The molecule has 0 unspecified atom stereocenters. The molecule has 156 valence electrons. The molecule has 2 aliphatic rings. The first kappa shape index (κ1) is 19.9. The van der Waals surface area contributed by atoms with Crippen LogP contribution in [0.25, 0.3) is 10.9 Å². The molecular weight excluding hydrogens is 371 g/mol. The Labute approximate surface area is 170 Å². The molecule has 2 aromatic rings. The van der Waals surface area contributed by atoms with Gasteiger partial charge in [0.2, 0.25) is 5.91 Å². The molecule has 3 heterocycles. The minimum Gasteiger partial charge on any atom is -0.351 e. The quantitative estimate of drug-likeness (QED) is 0.759. The molecule has 7 heteroatoms. The fourth-order valence-electron chi connectivity index (χ4n) is 4.59. The van der Waals surface area contributed by atoms with Crippen molar-refractivity contribution in [2.45, 2.75) is 38.5 Å². The Morgan fingerprint density at radius 1 is 1.14 bits per heavy atom. The van der Waals surface area contributed by atoms with Crippen LogP contribution in [0.2, 0.25) is 0 Å². The Morgan fingerprint density at radius 2 is 1.93 bits per heavy atom. The van der Waals surface area contributed by atoms with Gasteiger partial charge in [-0.05, 0) is 63.5 Å². The monoisotopic (exact) mass is 400 g/mol. The lowest BCUT2D eigenvalue weighted by Crippen LogP contribution is -2.34. The molecule has 0 aliphatic carbocycles. The van der Waals surface area contributed by atoms with Gasteiger partial charge in [-0.15, -0.1) is 0 Å². The number of piperidine rings is 1. The van der Waals surface area contributed by atoms with E-state index in [1.54, 1.807) is 22.6 Å². The van der Waals surface area contributed by atoms with Crippen molar-refractivity contribution in [1.29, 1.82) is 0 Å². The number of amides is 2. The number of anilines is 1. The molecule has 0 radical (unpaired) electrons. The average Bonchev–Trinajstić information content (AvgIpc) is 3.26. The van der Waals surface area contributed by atoms with Gasteiger partial charge >= 0.3 is 0 Å². The summed E-state index contributed by atoms with van der Waals surface area (Å²) in [6.07, 6.45) is 5.93. The average molecular weight is 400 g/mol. The Bertz CT molecular complexity index is 917. The van der Waals surface area contributed by atoms with E-state index in [0.29, 0.717) is 36.3 Å². The third kappa shape index (κ3) is 4.01. The van der Waals surface area contributed by atoms with Crippen molar-refractivity contribution in [3.63, 3.8) is 0 Å². The molecule has 0 atom stereocenters. The van der Waals surface area contributed by atoms with Crippen LogP contribution in [0.5, 0.6) is 0 Å². The zero-order valence-electron chi connectivity index (χ0n) is 17.0. The molecule has 0 bridgehead atoms. The molecule has 29 heavy (non-hydrogen) atoms. The second kappa shape index (κ2) is 8.53. The second-order valence-electron chi connectivity index (χ2n) is 8.08. The maximum Gasteiger partial charge on any atom is 0.270 e. The van der Waals surface area contributed by atoms with Crippen molar-refractivity contribution in [2.75, 3.05) is 37.6 Å². The lowest BCUT2D eigenvalue weighted by Gasteiger charge is -2.26. The Kier molecular flexibility index (Phi) is 5.85. The molecular formula is C22H29FN4O2. The van der Waals surface area contributed by atoms with Crippen LogP contribution in [-0.4, -0.2) is 54.0 Å². The highest BCUT2D eigenvalue weighted by Gasteiger charge is 2.31. The SMILES string of the molecule is Cn1c(C(=O)NCCCN2CCCCC2)c(N2CCCC2=O)c2cc(F)ccc21.